The van der Waals surface area contributed by atoms with Crippen LogP contribution >= 0.6 is 11.6 Å². The summed E-state index contributed by atoms with van der Waals surface area (Å²) in [6.45, 7) is 3.09. The Labute approximate surface area is 132 Å². The molecule has 0 spiro atoms. The van der Waals surface area contributed by atoms with E-state index in [9.17, 15) is 9.59 Å². The summed E-state index contributed by atoms with van der Waals surface area (Å²) in [6.07, 6.45) is 0. The van der Waals surface area contributed by atoms with Gasteiger partial charge in [-0.3, -0.25) is 4.79 Å². The highest BCUT2D eigenvalue weighted by molar-refractivity contribution is 6.30. The summed E-state index contributed by atoms with van der Waals surface area (Å²) in [6, 6.07) is 8.34. The van der Waals surface area contributed by atoms with Gasteiger partial charge in [0.15, 0.2) is 6.61 Å². The number of rotatable bonds is 5. The number of esters is 1. The van der Waals surface area contributed by atoms with Crippen molar-refractivity contribution in [2.75, 3.05) is 6.61 Å². The summed E-state index contributed by atoms with van der Waals surface area (Å²) < 4.78 is 9.60. The molecule has 0 bridgehead atoms. The Morgan fingerprint density at radius 2 is 2.18 bits per heavy atom. The Bertz CT molecular complexity index is 684. The molecule has 22 heavy (non-hydrogen) atoms. The summed E-state index contributed by atoms with van der Waals surface area (Å²) in [5.74, 6) is -1.18. The Kier molecular flexibility index (Phi) is 5.16. The molecule has 1 atom stereocenters. The molecule has 2 aromatic rings. The van der Waals surface area contributed by atoms with Crippen LogP contribution in [0.4, 0.5) is 0 Å². The number of halogens is 1. The van der Waals surface area contributed by atoms with Crippen LogP contribution in [0.5, 0.6) is 0 Å². The van der Waals surface area contributed by atoms with E-state index in [1.54, 1.807) is 25.1 Å². The second-order valence-corrected chi connectivity index (χ2v) is 5.19. The van der Waals surface area contributed by atoms with Crippen LogP contribution in [-0.2, 0) is 9.53 Å². The van der Waals surface area contributed by atoms with Crippen molar-refractivity contribution in [2.45, 2.75) is 19.9 Å². The lowest BCUT2D eigenvalue weighted by atomic mass is 10.1. The Hall–Kier alpha value is -2.34. The van der Waals surface area contributed by atoms with Crippen molar-refractivity contribution < 1.29 is 18.8 Å². The molecule has 1 aromatic heterocycles. The number of amides is 1. The molecule has 1 N–H and O–H groups in total. The molecule has 0 saturated carbocycles. The number of carbonyl (C=O) groups excluding carboxylic acids is 2. The smallest absolute Gasteiger partial charge is 0.377 e. The standard InChI is InChI=1S/C15H15ClN2O4/c1-9-6-13(22-18-9)15(20)21-8-14(19)17-10(2)11-4-3-5-12(16)7-11/h3-7,10H,8H2,1-2H3,(H,17,19). The van der Waals surface area contributed by atoms with E-state index in [0.29, 0.717) is 10.7 Å². The normalized spacial score (nSPS) is 11.8. The zero-order chi connectivity index (χ0) is 16.1. The van der Waals surface area contributed by atoms with Gasteiger partial charge in [0.2, 0.25) is 5.76 Å². The lowest BCUT2D eigenvalue weighted by molar-refractivity contribution is -0.124. The zero-order valence-corrected chi connectivity index (χ0v) is 12.9. The summed E-state index contributed by atoms with van der Waals surface area (Å²) in [4.78, 5) is 23.4. The van der Waals surface area contributed by atoms with Gasteiger partial charge in [0, 0.05) is 11.1 Å². The van der Waals surface area contributed by atoms with Gasteiger partial charge in [-0.25, -0.2) is 4.79 Å². The number of hydrogen-bond donors (Lipinski definition) is 1. The quantitative estimate of drug-likeness (QED) is 0.856. The van der Waals surface area contributed by atoms with Crippen molar-refractivity contribution in [3.8, 4) is 0 Å². The topological polar surface area (TPSA) is 81.4 Å². The van der Waals surface area contributed by atoms with Crippen LogP contribution in [-0.4, -0.2) is 23.6 Å². The van der Waals surface area contributed by atoms with E-state index in [0.717, 1.165) is 5.56 Å². The highest BCUT2D eigenvalue weighted by Crippen LogP contribution is 2.17. The molecule has 1 heterocycles. The number of carbonyl (C=O) groups is 2. The Morgan fingerprint density at radius 1 is 1.41 bits per heavy atom. The molecule has 6 nitrogen and oxygen atoms in total. The Balaban J connectivity index is 1.84. The van der Waals surface area contributed by atoms with Gasteiger partial charge in [-0.1, -0.05) is 28.9 Å². The van der Waals surface area contributed by atoms with Gasteiger partial charge in [-0.2, -0.15) is 0 Å². The maximum atomic E-state index is 11.8. The lowest BCUT2D eigenvalue weighted by Crippen LogP contribution is -2.31. The third-order valence-corrected chi connectivity index (χ3v) is 3.12. The van der Waals surface area contributed by atoms with Crippen LogP contribution in [0.15, 0.2) is 34.9 Å². The van der Waals surface area contributed by atoms with E-state index >= 15 is 0 Å². The van der Waals surface area contributed by atoms with E-state index in [1.807, 2.05) is 13.0 Å². The number of aromatic nitrogens is 1. The average Bonchev–Trinajstić information content (AvgIpc) is 2.91. The largest absolute Gasteiger partial charge is 0.450 e. The van der Waals surface area contributed by atoms with Crippen LogP contribution in [0.2, 0.25) is 5.02 Å². The van der Waals surface area contributed by atoms with Gasteiger partial charge >= 0.3 is 5.97 Å². The molecule has 0 fully saturated rings. The fourth-order valence-electron chi connectivity index (χ4n) is 1.80. The molecule has 1 unspecified atom stereocenters. The molecule has 7 heteroatoms. The predicted molar refractivity (Wildman–Crippen MR) is 79.5 cm³/mol. The molecule has 0 aliphatic heterocycles. The van der Waals surface area contributed by atoms with Crippen molar-refractivity contribution in [1.82, 2.24) is 10.5 Å². The molecule has 1 aromatic carbocycles. The van der Waals surface area contributed by atoms with Crippen LogP contribution < -0.4 is 5.32 Å². The van der Waals surface area contributed by atoms with Crippen LogP contribution in [0.1, 0.15) is 34.8 Å². The minimum atomic E-state index is -0.730. The first-order valence-electron chi connectivity index (χ1n) is 6.61. The summed E-state index contributed by atoms with van der Waals surface area (Å²) in [5, 5.41) is 6.88. The zero-order valence-electron chi connectivity index (χ0n) is 12.1. The first-order valence-corrected chi connectivity index (χ1v) is 6.99. The number of benzene rings is 1. The minimum absolute atomic E-state index is 0.0341. The van der Waals surface area contributed by atoms with Gasteiger partial charge in [0.1, 0.15) is 0 Å². The molecular formula is C15H15ClN2O4. The van der Waals surface area contributed by atoms with Gasteiger partial charge in [-0.15, -0.1) is 0 Å². The second kappa shape index (κ2) is 7.09. The minimum Gasteiger partial charge on any atom is -0.450 e. The van der Waals surface area contributed by atoms with Crippen LogP contribution in [0.3, 0.4) is 0 Å². The van der Waals surface area contributed by atoms with E-state index in [2.05, 4.69) is 10.5 Å². The summed E-state index contributed by atoms with van der Waals surface area (Å²) in [5.41, 5.74) is 1.42. The van der Waals surface area contributed by atoms with Gasteiger partial charge in [0.25, 0.3) is 5.91 Å². The first-order chi connectivity index (χ1) is 10.5. The maximum Gasteiger partial charge on any atom is 0.377 e. The van der Waals surface area contributed by atoms with E-state index < -0.39 is 18.5 Å². The van der Waals surface area contributed by atoms with Gasteiger partial charge in [-0.05, 0) is 31.5 Å². The second-order valence-electron chi connectivity index (χ2n) is 4.75. The SMILES string of the molecule is Cc1cc(C(=O)OCC(=O)NC(C)c2cccc(Cl)c2)on1. The molecular weight excluding hydrogens is 308 g/mol. The third-order valence-electron chi connectivity index (χ3n) is 2.89. The monoisotopic (exact) mass is 322 g/mol. The number of aryl methyl sites for hydroxylation is 1. The van der Waals surface area contributed by atoms with Crippen LogP contribution in [0.25, 0.3) is 0 Å². The van der Waals surface area contributed by atoms with E-state index in [4.69, 9.17) is 20.9 Å². The molecule has 0 aliphatic rings. The lowest BCUT2D eigenvalue weighted by Gasteiger charge is -2.14. The van der Waals surface area contributed by atoms with Crippen molar-refractivity contribution in [3.05, 3.63) is 52.4 Å². The number of ether oxygens (including phenoxy) is 1. The molecule has 116 valence electrons. The van der Waals surface area contributed by atoms with Gasteiger partial charge in [0.05, 0.1) is 11.7 Å². The summed E-state index contributed by atoms with van der Waals surface area (Å²) >= 11 is 5.90. The van der Waals surface area contributed by atoms with Crippen molar-refractivity contribution in [1.29, 1.82) is 0 Å². The Morgan fingerprint density at radius 3 is 2.82 bits per heavy atom. The van der Waals surface area contributed by atoms with E-state index in [-0.39, 0.29) is 11.8 Å². The molecule has 0 saturated heterocycles. The van der Waals surface area contributed by atoms with Crippen molar-refractivity contribution in [2.24, 2.45) is 0 Å². The number of nitrogens with one attached hydrogen (secondary N) is 1. The van der Waals surface area contributed by atoms with Crippen LogP contribution in [0, 0.1) is 6.92 Å². The highest BCUT2D eigenvalue weighted by Gasteiger charge is 2.16. The van der Waals surface area contributed by atoms with Crippen molar-refractivity contribution in [3.63, 3.8) is 0 Å². The van der Waals surface area contributed by atoms with Crippen molar-refractivity contribution >= 4 is 23.5 Å². The van der Waals surface area contributed by atoms with E-state index in [1.165, 1.54) is 6.07 Å². The summed E-state index contributed by atoms with van der Waals surface area (Å²) in [7, 11) is 0. The highest BCUT2D eigenvalue weighted by atomic mass is 35.5. The molecule has 2 rings (SSSR count). The molecule has 1 amide bonds. The third kappa shape index (κ3) is 4.33. The predicted octanol–water partition coefficient (Wildman–Crippen LogP) is 2.67. The molecule has 0 aliphatic carbocycles. The van der Waals surface area contributed by atoms with Gasteiger partial charge < -0.3 is 14.6 Å². The first kappa shape index (κ1) is 16.0. The average molecular weight is 323 g/mol. The number of nitrogens with zero attached hydrogens (tertiary/aromatic N) is 1. The molecule has 0 radical (unpaired) electrons. The fourth-order valence-corrected chi connectivity index (χ4v) is 2.00. The maximum absolute atomic E-state index is 11.8. The fraction of sp³-hybridized carbons (Fsp3) is 0.267. The number of hydrogen-bond acceptors (Lipinski definition) is 5.